The molecule has 1 aromatic heterocycles. The molecule has 0 aliphatic rings. The largest absolute Gasteiger partial charge is 0.357 e. The number of nitrogens with zero attached hydrogens (tertiary/aromatic N) is 1. The number of aliphatic imine (C=N–C) groups is 1. The molecule has 0 aliphatic heterocycles. The van der Waals surface area contributed by atoms with Crippen LogP contribution in [-0.2, 0) is 16.6 Å². The molecule has 2 rings (SSSR count). The van der Waals surface area contributed by atoms with Gasteiger partial charge in [0.05, 0.1) is 12.6 Å². The molecule has 0 bridgehead atoms. The van der Waals surface area contributed by atoms with Crippen LogP contribution in [0.4, 0.5) is 4.39 Å². The van der Waals surface area contributed by atoms with Gasteiger partial charge in [0.15, 0.2) is 5.96 Å². The minimum atomic E-state index is -3.69. The summed E-state index contributed by atoms with van der Waals surface area (Å²) in [6.45, 7) is 6.55. The van der Waals surface area contributed by atoms with Gasteiger partial charge in [0, 0.05) is 11.4 Å². The molecule has 1 atom stereocenters. The minimum absolute atomic E-state index is 0.115. The fourth-order valence-electron chi connectivity index (χ4n) is 2.24. The summed E-state index contributed by atoms with van der Waals surface area (Å²) in [6.07, 6.45) is 0. The van der Waals surface area contributed by atoms with Gasteiger partial charge in [-0.25, -0.2) is 22.9 Å². The molecule has 1 aromatic carbocycles. The first-order valence-corrected chi connectivity index (χ1v) is 10.5. The number of halogens is 1. The lowest BCUT2D eigenvalue weighted by Gasteiger charge is -2.18. The highest BCUT2D eigenvalue weighted by atomic mass is 32.2. The Kier molecular flexibility index (Phi) is 6.74. The summed E-state index contributed by atoms with van der Waals surface area (Å²) < 4.78 is 36.6. The van der Waals surface area contributed by atoms with E-state index in [0.29, 0.717) is 24.6 Å². The van der Waals surface area contributed by atoms with E-state index in [1.807, 2.05) is 19.9 Å². The van der Waals surface area contributed by atoms with Gasteiger partial charge in [0.1, 0.15) is 10.0 Å². The zero-order valence-corrected chi connectivity index (χ0v) is 16.5. The van der Waals surface area contributed by atoms with Crippen LogP contribution in [0.3, 0.4) is 0 Å². The van der Waals surface area contributed by atoms with Crippen LogP contribution in [0.1, 0.15) is 35.9 Å². The Morgan fingerprint density at radius 3 is 2.65 bits per heavy atom. The van der Waals surface area contributed by atoms with Crippen LogP contribution in [0, 0.1) is 12.7 Å². The van der Waals surface area contributed by atoms with Crippen molar-refractivity contribution in [1.29, 1.82) is 0 Å². The normalized spacial score (nSPS) is 13.5. The number of hydrogen-bond donors (Lipinski definition) is 3. The Balaban J connectivity index is 2.10. The maximum absolute atomic E-state index is 13.8. The van der Waals surface area contributed by atoms with Crippen LogP contribution >= 0.6 is 11.3 Å². The quantitative estimate of drug-likeness (QED) is 0.515. The van der Waals surface area contributed by atoms with E-state index in [9.17, 15) is 12.8 Å². The average Bonchev–Trinajstić information content (AvgIpc) is 3.04. The second-order valence-corrected chi connectivity index (χ2v) is 8.79. The topological polar surface area (TPSA) is 96.6 Å². The van der Waals surface area contributed by atoms with Crippen molar-refractivity contribution in [2.24, 2.45) is 10.1 Å². The first-order valence-electron chi connectivity index (χ1n) is 8.13. The molecular formula is C17H23FN4O2S2. The predicted molar refractivity (Wildman–Crippen MR) is 103 cm³/mol. The smallest absolute Gasteiger partial charge is 0.247 e. The number of guanidine groups is 1. The first-order chi connectivity index (χ1) is 12.2. The van der Waals surface area contributed by atoms with Gasteiger partial charge in [-0.1, -0.05) is 12.1 Å². The number of rotatable bonds is 6. The van der Waals surface area contributed by atoms with E-state index in [1.165, 1.54) is 12.1 Å². The molecule has 1 heterocycles. The lowest BCUT2D eigenvalue weighted by molar-refractivity contribution is 0.599. The molecule has 0 fully saturated rings. The van der Waals surface area contributed by atoms with Gasteiger partial charge in [0.2, 0.25) is 10.0 Å². The van der Waals surface area contributed by atoms with Crippen molar-refractivity contribution in [1.82, 2.24) is 10.6 Å². The summed E-state index contributed by atoms with van der Waals surface area (Å²) in [5, 5.41) is 11.5. The zero-order valence-electron chi connectivity index (χ0n) is 14.9. The average molecular weight is 399 g/mol. The van der Waals surface area contributed by atoms with Crippen LogP contribution in [0.25, 0.3) is 0 Å². The fourth-order valence-corrected chi connectivity index (χ4v) is 3.94. The lowest BCUT2D eigenvalue weighted by atomic mass is 10.1. The number of benzene rings is 1. The Labute approximate surface area is 157 Å². The first kappa shape index (κ1) is 20.3. The standard InChI is InChI=1S/C17H23FN4O2S2/c1-4-20-17(21-10-14-7-8-16(25-14)26(19,23)24)22-12(3)13-6-5-11(2)15(18)9-13/h5-9,12H,4,10H2,1-3H3,(H2,19,23,24)(H2,20,21,22). The third-order valence-electron chi connectivity index (χ3n) is 3.70. The molecule has 4 N–H and O–H groups in total. The highest BCUT2D eigenvalue weighted by molar-refractivity contribution is 7.91. The van der Waals surface area contributed by atoms with E-state index >= 15 is 0 Å². The van der Waals surface area contributed by atoms with E-state index in [2.05, 4.69) is 15.6 Å². The summed E-state index contributed by atoms with van der Waals surface area (Å²) in [5.41, 5.74) is 1.41. The molecular weight excluding hydrogens is 375 g/mol. The molecule has 0 amide bonds. The Hall–Kier alpha value is -1.97. The maximum Gasteiger partial charge on any atom is 0.247 e. The van der Waals surface area contributed by atoms with E-state index in [1.54, 1.807) is 19.1 Å². The van der Waals surface area contributed by atoms with Crippen LogP contribution in [-0.4, -0.2) is 20.9 Å². The molecule has 26 heavy (non-hydrogen) atoms. The molecule has 0 saturated heterocycles. The van der Waals surface area contributed by atoms with Crippen molar-refractivity contribution in [2.45, 2.75) is 37.6 Å². The number of sulfonamides is 1. The monoisotopic (exact) mass is 398 g/mol. The molecule has 1 unspecified atom stereocenters. The van der Waals surface area contributed by atoms with Crippen molar-refractivity contribution in [2.75, 3.05) is 6.54 Å². The summed E-state index contributed by atoms with van der Waals surface area (Å²) in [7, 11) is -3.69. The van der Waals surface area contributed by atoms with Gasteiger partial charge < -0.3 is 10.6 Å². The number of hydrogen-bond acceptors (Lipinski definition) is 4. The molecule has 6 nitrogen and oxygen atoms in total. The predicted octanol–water partition coefficient (Wildman–Crippen LogP) is 2.66. The third-order valence-corrected chi connectivity index (χ3v) is 6.21. The maximum atomic E-state index is 13.8. The van der Waals surface area contributed by atoms with E-state index in [-0.39, 0.29) is 16.1 Å². The Morgan fingerprint density at radius 2 is 2.08 bits per heavy atom. The molecule has 0 aliphatic carbocycles. The fraction of sp³-hybridized carbons (Fsp3) is 0.353. The molecule has 2 aromatic rings. The van der Waals surface area contributed by atoms with Crippen molar-refractivity contribution in [3.63, 3.8) is 0 Å². The van der Waals surface area contributed by atoms with Crippen LogP contribution in [0.2, 0.25) is 0 Å². The number of primary sulfonamides is 1. The van der Waals surface area contributed by atoms with Crippen molar-refractivity contribution in [3.8, 4) is 0 Å². The highest BCUT2D eigenvalue weighted by Crippen LogP contribution is 2.21. The van der Waals surface area contributed by atoms with Crippen LogP contribution in [0.15, 0.2) is 39.5 Å². The van der Waals surface area contributed by atoms with Crippen LogP contribution in [0.5, 0.6) is 0 Å². The summed E-state index contributed by atoms with van der Waals surface area (Å²) in [6, 6.07) is 8.14. The second kappa shape index (κ2) is 8.61. The SMILES string of the molecule is CCNC(=NCc1ccc(S(N)(=O)=O)s1)NC(C)c1ccc(C)c(F)c1. The summed E-state index contributed by atoms with van der Waals surface area (Å²) in [5.74, 6) is 0.318. The van der Waals surface area contributed by atoms with Gasteiger partial charge in [0.25, 0.3) is 0 Å². The Morgan fingerprint density at radius 1 is 1.35 bits per heavy atom. The summed E-state index contributed by atoms with van der Waals surface area (Å²) >= 11 is 1.09. The number of thiophene rings is 1. The molecule has 0 saturated carbocycles. The van der Waals surface area contributed by atoms with E-state index in [4.69, 9.17) is 5.14 Å². The van der Waals surface area contributed by atoms with Crippen LogP contribution < -0.4 is 15.8 Å². The van der Waals surface area contributed by atoms with E-state index in [0.717, 1.165) is 21.8 Å². The molecule has 9 heteroatoms. The van der Waals surface area contributed by atoms with Crippen molar-refractivity contribution >= 4 is 27.3 Å². The molecule has 0 spiro atoms. The van der Waals surface area contributed by atoms with Crippen molar-refractivity contribution < 1.29 is 12.8 Å². The Bertz CT molecular complexity index is 894. The number of aryl methyl sites for hydroxylation is 1. The van der Waals surface area contributed by atoms with Gasteiger partial charge in [-0.3, -0.25) is 0 Å². The van der Waals surface area contributed by atoms with Gasteiger partial charge in [-0.15, -0.1) is 11.3 Å². The second-order valence-electron chi connectivity index (χ2n) is 5.84. The number of nitrogens with one attached hydrogen (secondary N) is 2. The van der Waals surface area contributed by atoms with Gasteiger partial charge in [-0.05, 0) is 50.1 Å². The summed E-state index contributed by atoms with van der Waals surface area (Å²) in [4.78, 5) is 5.24. The minimum Gasteiger partial charge on any atom is -0.357 e. The highest BCUT2D eigenvalue weighted by Gasteiger charge is 2.12. The molecule has 0 radical (unpaired) electrons. The lowest BCUT2D eigenvalue weighted by Crippen LogP contribution is -2.38. The van der Waals surface area contributed by atoms with Crippen molar-refractivity contribution in [3.05, 3.63) is 52.2 Å². The molecule has 142 valence electrons. The van der Waals surface area contributed by atoms with Gasteiger partial charge in [-0.2, -0.15) is 0 Å². The zero-order chi connectivity index (χ0) is 19.3. The number of nitrogens with two attached hydrogens (primary N) is 1. The van der Waals surface area contributed by atoms with E-state index < -0.39 is 10.0 Å². The third kappa shape index (κ3) is 5.52. The van der Waals surface area contributed by atoms with Gasteiger partial charge >= 0.3 is 0 Å².